The summed E-state index contributed by atoms with van der Waals surface area (Å²) in [7, 11) is 0. The molecule has 2 N–H and O–H groups in total. The topological polar surface area (TPSA) is 26.0 Å². The summed E-state index contributed by atoms with van der Waals surface area (Å²) in [5.41, 5.74) is 6.75. The molecule has 1 aromatic carbocycles. The molecule has 0 radical (unpaired) electrons. The molecule has 4 heteroatoms. The Hall–Kier alpha value is -0.0200. The number of halogens is 3. The number of hydrogen-bond donors (Lipinski definition) is 1. The van der Waals surface area contributed by atoms with Crippen LogP contribution in [0.25, 0.3) is 0 Å². The minimum absolute atomic E-state index is 0. The van der Waals surface area contributed by atoms with E-state index in [1.807, 2.05) is 18.2 Å². The molecule has 0 saturated carbocycles. The fraction of sp³-hybridized carbons (Fsp3) is 0.111. The highest BCUT2D eigenvalue weighted by molar-refractivity contribution is 9.10. The molecule has 1 atom stereocenters. The second-order valence-electron chi connectivity index (χ2n) is 2.43. The molecule has 1 aromatic rings. The lowest BCUT2D eigenvalue weighted by atomic mass is 10.1. The Morgan fingerprint density at radius 1 is 1.54 bits per heavy atom. The van der Waals surface area contributed by atoms with Crippen molar-refractivity contribution < 1.29 is 0 Å². The van der Waals surface area contributed by atoms with Crippen molar-refractivity contribution in [3.63, 3.8) is 0 Å². The number of rotatable bonds is 2. The van der Waals surface area contributed by atoms with Crippen molar-refractivity contribution in [1.29, 1.82) is 0 Å². The van der Waals surface area contributed by atoms with Gasteiger partial charge in [0.1, 0.15) is 0 Å². The monoisotopic (exact) mass is 281 g/mol. The van der Waals surface area contributed by atoms with Gasteiger partial charge < -0.3 is 5.73 Å². The molecule has 72 valence electrons. The predicted molar refractivity (Wildman–Crippen MR) is 63.5 cm³/mol. The second kappa shape index (κ2) is 5.66. The maximum atomic E-state index is 5.77. The molecule has 13 heavy (non-hydrogen) atoms. The molecule has 0 bridgehead atoms. The van der Waals surface area contributed by atoms with Gasteiger partial charge in [-0.1, -0.05) is 39.7 Å². The minimum Gasteiger partial charge on any atom is -0.321 e. The van der Waals surface area contributed by atoms with E-state index < -0.39 is 0 Å². The maximum Gasteiger partial charge on any atom is 0.0489 e. The summed E-state index contributed by atoms with van der Waals surface area (Å²) in [6.45, 7) is 3.62. The molecule has 0 aliphatic carbocycles. The van der Waals surface area contributed by atoms with Crippen LogP contribution in [0.5, 0.6) is 0 Å². The lowest BCUT2D eigenvalue weighted by Crippen LogP contribution is -2.06. The molecule has 0 heterocycles. The molecule has 0 aliphatic rings. The van der Waals surface area contributed by atoms with E-state index in [4.69, 9.17) is 17.3 Å². The zero-order valence-electron chi connectivity index (χ0n) is 6.84. The van der Waals surface area contributed by atoms with Crippen LogP contribution >= 0.6 is 39.9 Å². The summed E-state index contributed by atoms with van der Waals surface area (Å²) in [6.07, 6.45) is 1.69. The summed E-state index contributed by atoms with van der Waals surface area (Å²) in [5.74, 6) is 0. The van der Waals surface area contributed by atoms with E-state index >= 15 is 0 Å². The molecule has 1 nitrogen and oxygen atoms in total. The van der Waals surface area contributed by atoms with Gasteiger partial charge in [0.15, 0.2) is 0 Å². The van der Waals surface area contributed by atoms with E-state index in [1.54, 1.807) is 6.08 Å². The number of benzene rings is 1. The van der Waals surface area contributed by atoms with Crippen molar-refractivity contribution in [2.24, 2.45) is 5.73 Å². The highest BCUT2D eigenvalue weighted by Crippen LogP contribution is 2.25. The Kier molecular flexibility index (Phi) is 5.65. The van der Waals surface area contributed by atoms with E-state index in [0.29, 0.717) is 5.02 Å². The van der Waals surface area contributed by atoms with Gasteiger partial charge in [0.25, 0.3) is 0 Å². The maximum absolute atomic E-state index is 5.77. The Morgan fingerprint density at radius 3 is 2.62 bits per heavy atom. The van der Waals surface area contributed by atoms with E-state index in [-0.39, 0.29) is 18.4 Å². The van der Waals surface area contributed by atoms with E-state index in [9.17, 15) is 0 Å². The predicted octanol–water partition coefficient (Wildman–Crippen LogP) is 3.71. The van der Waals surface area contributed by atoms with Gasteiger partial charge in [-0.15, -0.1) is 19.0 Å². The smallest absolute Gasteiger partial charge is 0.0489 e. The van der Waals surface area contributed by atoms with Gasteiger partial charge in [-0.25, -0.2) is 0 Å². The average Bonchev–Trinajstić information content (AvgIpc) is 2.03. The SMILES string of the molecule is C=C[C@H](N)c1ccc(Cl)cc1Br.Cl. The van der Waals surface area contributed by atoms with Gasteiger partial charge in [-0.2, -0.15) is 0 Å². The molecule has 0 aromatic heterocycles. The standard InChI is InChI=1S/C9H9BrClN.ClH/c1-2-9(12)7-4-3-6(11)5-8(7)10;/h2-5,9H,1,12H2;1H/t9-;/m0./s1. The molecule has 0 spiro atoms. The van der Waals surface area contributed by atoms with Crippen LogP contribution in [-0.2, 0) is 0 Å². The van der Waals surface area contributed by atoms with Crippen molar-refractivity contribution in [2.75, 3.05) is 0 Å². The number of nitrogens with two attached hydrogens (primary N) is 1. The van der Waals surface area contributed by atoms with Gasteiger partial charge in [0.2, 0.25) is 0 Å². The normalized spacial score (nSPS) is 11.6. The molecule has 0 aliphatic heterocycles. The summed E-state index contributed by atoms with van der Waals surface area (Å²) in [4.78, 5) is 0. The van der Waals surface area contributed by atoms with Crippen LogP contribution in [0.3, 0.4) is 0 Å². The quantitative estimate of drug-likeness (QED) is 0.823. The van der Waals surface area contributed by atoms with E-state index in [0.717, 1.165) is 10.0 Å². The van der Waals surface area contributed by atoms with Crippen LogP contribution in [0.2, 0.25) is 5.02 Å². The van der Waals surface area contributed by atoms with Gasteiger partial charge in [-0.3, -0.25) is 0 Å². The highest BCUT2D eigenvalue weighted by Gasteiger charge is 2.05. The summed E-state index contributed by atoms with van der Waals surface area (Å²) in [5, 5.41) is 0.696. The van der Waals surface area contributed by atoms with Crippen molar-refractivity contribution in [1.82, 2.24) is 0 Å². The van der Waals surface area contributed by atoms with E-state index in [1.165, 1.54) is 0 Å². The van der Waals surface area contributed by atoms with Crippen molar-refractivity contribution in [3.05, 3.63) is 45.9 Å². The van der Waals surface area contributed by atoms with Crippen LogP contribution < -0.4 is 5.73 Å². The molecular formula is C9H10BrCl2N. The lowest BCUT2D eigenvalue weighted by Gasteiger charge is -2.08. The first-order valence-electron chi connectivity index (χ1n) is 3.48. The Morgan fingerprint density at radius 2 is 2.15 bits per heavy atom. The zero-order chi connectivity index (χ0) is 9.14. The van der Waals surface area contributed by atoms with E-state index in [2.05, 4.69) is 22.5 Å². The first-order valence-corrected chi connectivity index (χ1v) is 4.65. The van der Waals surface area contributed by atoms with Crippen LogP contribution in [-0.4, -0.2) is 0 Å². The minimum atomic E-state index is -0.142. The third-order valence-corrected chi connectivity index (χ3v) is 2.50. The van der Waals surface area contributed by atoms with Crippen LogP contribution in [0, 0.1) is 0 Å². The summed E-state index contributed by atoms with van der Waals surface area (Å²) < 4.78 is 0.919. The number of hydrogen-bond acceptors (Lipinski definition) is 1. The van der Waals surface area contributed by atoms with Crippen molar-refractivity contribution in [3.8, 4) is 0 Å². The summed E-state index contributed by atoms with van der Waals surface area (Å²) >= 11 is 9.14. The lowest BCUT2D eigenvalue weighted by molar-refractivity contribution is 0.908. The van der Waals surface area contributed by atoms with Crippen LogP contribution in [0.4, 0.5) is 0 Å². The summed E-state index contributed by atoms with van der Waals surface area (Å²) in [6, 6.07) is 5.38. The molecular weight excluding hydrogens is 273 g/mol. The largest absolute Gasteiger partial charge is 0.321 e. The third-order valence-electron chi connectivity index (χ3n) is 1.58. The van der Waals surface area contributed by atoms with Crippen LogP contribution in [0.15, 0.2) is 35.3 Å². The third kappa shape index (κ3) is 3.31. The van der Waals surface area contributed by atoms with Crippen LogP contribution in [0.1, 0.15) is 11.6 Å². The fourth-order valence-corrected chi connectivity index (χ4v) is 1.85. The van der Waals surface area contributed by atoms with Gasteiger partial charge >= 0.3 is 0 Å². The molecule has 0 unspecified atom stereocenters. The van der Waals surface area contributed by atoms with Gasteiger partial charge in [-0.05, 0) is 17.7 Å². The average molecular weight is 283 g/mol. The van der Waals surface area contributed by atoms with Crippen molar-refractivity contribution >= 4 is 39.9 Å². The van der Waals surface area contributed by atoms with Crippen molar-refractivity contribution in [2.45, 2.75) is 6.04 Å². The highest BCUT2D eigenvalue weighted by atomic mass is 79.9. The fourth-order valence-electron chi connectivity index (χ4n) is 0.899. The molecule has 1 rings (SSSR count). The first-order chi connectivity index (χ1) is 5.65. The first kappa shape index (κ1) is 13.0. The van der Waals surface area contributed by atoms with Gasteiger partial charge in [0, 0.05) is 15.5 Å². The zero-order valence-corrected chi connectivity index (χ0v) is 9.99. The molecule has 0 amide bonds. The Balaban J connectivity index is 0.00000144. The second-order valence-corrected chi connectivity index (χ2v) is 3.72. The Bertz CT molecular complexity index is 302. The Labute approximate surface area is 97.5 Å². The van der Waals surface area contributed by atoms with Gasteiger partial charge in [0.05, 0.1) is 0 Å². The molecule has 0 fully saturated rings. The molecule has 0 saturated heterocycles.